The molecule has 0 spiro atoms. The van der Waals surface area contributed by atoms with Gasteiger partial charge in [-0.1, -0.05) is 103 Å². The van der Waals surface area contributed by atoms with Gasteiger partial charge in [0.15, 0.2) is 0 Å². The Labute approximate surface area is 275 Å². The topological polar surface area (TPSA) is 94.9 Å². The summed E-state index contributed by atoms with van der Waals surface area (Å²) in [7, 11) is -3.89. The fraction of sp³-hybridized carbons (Fsp3) is 0.184. The molecule has 0 aliphatic rings. The van der Waals surface area contributed by atoms with E-state index < -0.39 is 21.9 Å². The molecule has 6 nitrogen and oxygen atoms in total. The molecule has 0 heterocycles. The van der Waals surface area contributed by atoms with Gasteiger partial charge in [-0.15, -0.1) is 0 Å². The summed E-state index contributed by atoms with van der Waals surface area (Å²) in [5.74, 6) is -1.07. The third kappa shape index (κ3) is 7.74. The van der Waals surface area contributed by atoms with Crippen LogP contribution in [-0.4, -0.2) is 42.6 Å². The number of aromatic carboxylic acids is 1. The van der Waals surface area contributed by atoms with Gasteiger partial charge in [-0.05, 0) is 82.6 Å². The molecule has 0 radical (unpaired) electrons. The Balaban J connectivity index is 1.36. The molecule has 2 N–H and O–H groups in total. The second-order valence-corrected chi connectivity index (χ2v) is 13.5. The Kier molecular flexibility index (Phi) is 10.7. The molecule has 5 rings (SSSR count). The highest BCUT2D eigenvalue weighted by molar-refractivity contribution is 7.91. The molecule has 0 saturated carbocycles. The monoisotopic (exact) mass is 653 g/mol. The van der Waals surface area contributed by atoms with Crippen LogP contribution in [0, 0.1) is 0 Å². The van der Waals surface area contributed by atoms with Gasteiger partial charge in [-0.25, -0.2) is 13.2 Å². The summed E-state index contributed by atoms with van der Waals surface area (Å²) in [4.78, 5) is 14.4. The van der Waals surface area contributed by atoms with Crippen molar-refractivity contribution in [1.82, 2.24) is 4.90 Å². The first-order chi connectivity index (χ1) is 22.2. The predicted octanol–water partition coefficient (Wildman–Crippen LogP) is 7.88. The van der Waals surface area contributed by atoms with Gasteiger partial charge in [0.25, 0.3) is 0 Å². The molecular weight excluding hydrogens is 618 g/mol. The minimum absolute atomic E-state index is 0.123. The van der Waals surface area contributed by atoms with E-state index in [2.05, 4.69) is 17.0 Å². The van der Waals surface area contributed by atoms with Crippen molar-refractivity contribution in [1.29, 1.82) is 0 Å². The summed E-state index contributed by atoms with van der Waals surface area (Å²) in [5, 5.41) is 21.3. The van der Waals surface area contributed by atoms with Crippen molar-refractivity contribution in [2.75, 3.05) is 13.1 Å². The number of halogens is 1. The van der Waals surface area contributed by atoms with Crippen molar-refractivity contribution in [2.45, 2.75) is 42.2 Å². The van der Waals surface area contributed by atoms with Crippen LogP contribution in [0.4, 0.5) is 0 Å². The number of rotatable bonds is 13. The van der Waals surface area contributed by atoms with E-state index in [9.17, 15) is 23.4 Å². The summed E-state index contributed by atoms with van der Waals surface area (Å²) in [6.45, 7) is 3.56. The number of nitrogens with zero attached hydrogens (tertiary/aromatic N) is 1. The SMILES string of the molecule is CCc1c(-c2ccccc2C(=O)O)cccc1S(=O)(=O)c1ccc(CCN(Cc2ccccc2)C[C@H](O)c2cccc(Cl)c2)cc1. The van der Waals surface area contributed by atoms with Crippen LogP contribution in [0.5, 0.6) is 0 Å². The first-order valence-electron chi connectivity index (χ1n) is 15.2. The first-order valence-corrected chi connectivity index (χ1v) is 17.0. The van der Waals surface area contributed by atoms with Gasteiger partial charge in [0.2, 0.25) is 9.84 Å². The predicted molar refractivity (Wildman–Crippen MR) is 182 cm³/mol. The number of carbonyl (C=O) groups is 1. The van der Waals surface area contributed by atoms with Gasteiger partial charge in [-0.3, -0.25) is 4.90 Å². The number of sulfone groups is 1. The smallest absolute Gasteiger partial charge is 0.336 e. The molecule has 0 saturated heterocycles. The van der Waals surface area contributed by atoms with Gasteiger partial charge in [-0.2, -0.15) is 0 Å². The molecule has 0 bridgehead atoms. The number of carboxylic acid groups (broad SMARTS) is 1. The molecule has 1 atom stereocenters. The molecule has 0 fully saturated rings. The number of aliphatic hydroxyl groups excluding tert-OH is 1. The van der Waals surface area contributed by atoms with Crippen LogP contribution < -0.4 is 0 Å². The lowest BCUT2D eigenvalue weighted by atomic mass is 9.94. The zero-order valence-electron chi connectivity index (χ0n) is 25.5. The molecule has 0 amide bonds. The van der Waals surface area contributed by atoms with Crippen LogP contribution in [0.15, 0.2) is 131 Å². The largest absolute Gasteiger partial charge is 0.478 e. The maximum absolute atomic E-state index is 13.9. The van der Waals surface area contributed by atoms with Gasteiger partial charge in [0.05, 0.1) is 21.5 Å². The minimum atomic E-state index is -3.89. The number of hydrogen-bond acceptors (Lipinski definition) is 5. The number of carboxylic acids is 1. The second kappa shape index (κ2) is 14.9. The zero-order chi connectivity index (χ0) is 32.7. The van der Waals surface area contributed by atoms with Crippen LogP contribution in [0.1, 0.15) is 45.6 Å². The molecule has 0 aliphatic carbocycles. The van der Waals surface area contributed by atoms with Crippen molar-refractivity contribution in [3.63, 3.8) is 0 Å². The van der Waals surface area contributed by atoms with Crippen molar-refractivity contribution in [2.24, 2.45) is 0 Å². The molecule has 5 aromatic rings. The number of benzene rings is 5. The Morgan fingerprint density at radius 2 is 1.48 bits per heavy atom. The number of aliphatic hydroxyl groups is 1. The third-order valence-corrected chi connectivity index (χ3v) is 10.2. The van der Waals surface area contributed by atoms with E-state index in [-0.39, 0.29) is 15.4 Å². The number of hydrogen-bond donors (Lipinski definition) is 2. The van der Waals surface area contributed by atoms with Crippen LogP contribution in [0.2, 0.25) is 5.02 Å². The van der Waals surface area contributed by atoms with Crippen LogP contribution >= 0.6 is 11.6 Å². The van der Waals surface area contributed by atoms with Crippen molar-refractivity contribution in [3.8, 4) is 11.1 Å². The average Bonchev–Trinajstić information content (AvgIpc) is 3.07. The van der Waals surface area contributed by atoms with E-state index >= 15 is 0 Å². The van der Waals surface area contributed by atoms with Crippen LogP contribution in [-0.2, 0) is 29.2 Å². The molecule has 8 heteroatoms. The maximum atomic E-state index is 13.9. The van der Waals surface area contributed by atoms with E-state index in [1.165, 1.54) is 6.07 Å². The Hall–Kier alpha value is -4.27. The van der Waals surface area contributed by atoms with E-state index in [1.807, 2.05) is 49.4 Å². The highest BCUT2D eigenvalue weighted by atomic mass is 35.5. The van der Waals surface area contributed by atoms with Crippen molar-refractivity contribution < 1.29 is 23.4 Å². The lowest BCUT2D eigenvalue weighted by Crippen LogP contribution is -2.30. The van der Waals surface area contributed by atoms with E-state index in [0.29, 0.717) is 54.2 Å². The van der Waals surface area contributed by atoms with Crippen LogP contribution in [0.25, 0.3) is 11.1 Å². The molecular formula is C38H36ClNO5S. The maximum Gasteiger partial charge on any atom is 0.336 e. The zero-order valence-corrected chi connectivity index (χ0v) is 27.1. The molecule has 236 valence electrons. The van der Waals surface area contributed by atoms with Crippen molar-refractivity contribution in [3.05, 3.63) is 154 Å². The fourth-order valence-corrected chi connectivity index (χ4v) is 7.51. The first kappa shape index (κ1) is 33.1. The Bertz CT molecular complexity index is 1910. The molecule has 0 unspecified atom stereocenters. The highest BCUT2D eigenvalue weighted by Gasteiger charge is 2.24. The lowest BCUT2D eigenvalue weighted by Gasteiger charge is -2.25. The minimum Gasteiger partial charge on any atom is -0.478 e. The van der Waals surface area contributed by atoms with E-state index in [4.69, 9.17) is 11.6 Å². The van der Waals surface area contributed by atoms with E-state index in [0.717, 1.165) is 16.7 Å². The van der Waals surface area contributed by atoms with Crippen LogP contribution in [0.3, 0.4) is 0 Å². The normalized spacial score (nSPS) is 12.3. The second-order valence-electron chi connectivity index (χ2n) is 11.2. The summed E-state index contributed by atoms with van der Waals surface area (Å²) >= 11 is 6.16. The quantitative estimate of drug-likeness (QED) is 0.134. The summed E-state index contributed by atoms with van der Waals surface area (Å²) < 4.78 is 27.8. The fourth-order valence-electron chi connectivity index (χ4n) is 5.73. The summed E-state index contributed by atoms with van der Waals surface area (Å²) in [6.07, 6.45) is 0.340. The summed E-state index contributed by atoms with van der Waals surface area (Å²) in [5.41, 5.74) is 4.63. The highest BCUT2D eigenvalue weighted by Crippen LogP contribution is 2.34. The van der Waals surface area contributed by atoms with Gasteiger partial charge in [0, 0.05) is 24.7 Å². The van der Waals surface area contributed by atoms with Crippen molar-refractivity contribution >= 4 is 27.4 Å². The third-order valence-electron chi connectivity index (χ3n) is 8.09. The summed E-state index contributed by atoms with van der Waals surface area (Å²) in [6, 6.07) is 35.9. The van der Waals surface area contributed by atoms with Gasteiger partial charge < -0.3 is 10.2 Å². The Morgan fingerprint density at radius 3 is 2.17 bits per heavy atom. The standard InChI is InChI=1S/C38H36ClNO5S/c1-2-32-33(34-14-6-7-15-35(34)38(42)43)16-9-17-37(32)46(44,45)31-20-18-27(19-21-31)22-23-40(25-28-10-4-3-5-11-28)26-36(41)29-12-8-13-30(39)24-29/h3-21,24,36,41H,2,22-23,25-26H2,1H3,(H,42,43)/t36-/m0/s1. The average molecular weight is 654 g/mol. The molecule has 46 heavy (non-hydrogen) atoms. The lowest BCUT2D eigenvalue weighted by molar-refractivity contribution is 0.0697. The molecule has 0 aromatic heterocycles. The molecule has 5 aromatic carbocycles. The Morgan fingerprint density at radius 1 is 0.804 bits per heavy atom. The molecule has 0 aliphatic heterocycles. The van der Waals surface area contributed by atoms with Gasteiger partial charge in [0.1, 0.15) is 0 Å². The van der Waals surface area contributed by atoms with E-state index in [1.54, 1.807) is 60.7 Å². The van der Waals surface area contributed by atoms with Gasteiger partial charge >= 0.3 is 5.97 Å².